The first-order valence-corrected chi connectivity index (χ1v) is 14.7. The highest BCUT2D eigenvalue weighted by molar-refractivity contribution is 5.93. The molecule has 228 valence electrons. The average molecular weight is 582 g/mol. The molecule has 11 heteroatoms. The summed E-state index contributed by atoms with van der Waals surface area (Å²) in [6.45, 7) is 1.82. The van der Waals surface area contributed by atoms with Crippen LogP contribution >= 0.6 is 0 Å². The standard InChI is InChI=1S/C31H43N5O6/c1-17(18-5-3-2-4-6-18)34-30(41)25-14-22-12-20(8-10-28(22)39)19-7-9-27(38)21(11-19)13-24(33)29(40)35-26(31(42)36-25)15-23(37)16-32/h7-12,17-18,23-26,37-39H,2-6,13-16,32-33H2,1H3,(H,34,41)(H,35,40)(H,36,42)/t17?,23-,24+,25-,26-/m1/s1. The molecule has 0 radical (unpaired) electrons. The molecule has 0 spiro atoms. The van der Waals surface area contributed by atoms with Crippen LogP contribution in [-0.2, 0) is 27.2 Å². The van der Waals surface area contributed by atoms with Crippen molar-refractivity contribution in [3.8, 4) is 22.6 Å². The molecule has 1 saturated carbocycles. The van der Waals surface area contributed by atoms with E-state index in [1.807, 2.05) is 6.92 Å². The quantitative estimate of drug-likeness (QED) is 0.246. The maximum absolute atomic E-state index is 13.7. The fraction of sp³-hybridized carbons (Fsp3) is 0.516. The van der Waals surface area contributed by atoms with E-state index in [1.54, 1.807) is 24.3 Å². The Kier molecular flexibility index (Phi) is 10.4. The molecule has 1 aliphatic heterocycles. The number of rotatable bonds is 6. The molecule has 0 aromatic heterocycles. The number of aromatic hydroxyl groups is 2. The number of aliphatic hydroxyl groups excluding tert-OH is 1. The van der Waals surface area contributed by atoms with E-state index >= 15 is 0 Å². The van der Waals surface area contributed by atoms with E-state index in [1.165, 1.54) is 18.6 Å². The van der Waals surface area contributed by atoms with Crippen LogP contribution in [0.1, 0.15) is 56.6 Å². The molecule has 1 heterocycles. The third-order valence-corrected chi connectivity index (χ3v) is 8.47. The Morgan fingerprint density at radius 2 is 1.55 bits per heavy atom. The van der Waals surface area contributed by atoms with Crippen LogP contribution in [0.3, 0.4) is 0 Å². The first-order chi connectivity index (χ1) is 20.0. The minimum atomic E-state index is -1.24. The van der Waals surface area contributed by atoms with Crippen LogP contribution in [-0.4, -0.2) is 69.9 Å². The van der Waals surface area contributed by atoms with Crippen LogP contribution in [0, 0.1) is 5.92 Å². The van der Waals surface area contributed by atoms with Gasteiger partial charge in [-0.3, -0.25) is 14.4 Å². The Labute approximate surface area is 246 Å². The number of hydrogen-bond donors (Lipinski definition) is 8. The van der Waals surface area contributed by atoms with E-state index in [9.17, 15) is 29.7 Å². The third-order valence-electron chi connectivity index (χ3n) is 8.47. The van der Waals surface area contributed by atoms with E-state index < -0.39 is 42.0 Å². The lowest BCUT2D eigenvalue weighted by molar-refractivity contribution is -0.133. The van der Waals surface area contributed by atoms with Gasteiger partial charge in [0.15, 0.2) is 0 Å². The molecule has 1 unspecified atom stereocenters. The molecule has 42 heavy (non-hydrogen) atoms. The van der Waals surface area contributed by atoms with Crippen LogP contribution < -0.4 is 27.4 Å². The molecular formula is C31H43N5O6. The Morgan fingerprint density at radius 1 is 0.952 bits per heavy atom. The van der Waals surface area contributed by atoms with Crippen LogP contribution in [0.2, 0.25) is 0 Å². The van der Waals surface area contributed by atoms with Crippen molar-refractivity contribution in [2.75, 3.05) is 6.54 Å². The molecule has 2 aromatic rings. The zero-order chi connectivity index (χ0) is 30.4. The second-order valence-electron chi connectivity index (χ2n) is 11.6. The van der Waals surface area contributed by atoms with Crippen LogP contribution in [0.25, 0.3) is 11.1 Å². The maximum Gasteiger partial charge on any atom is 0.243 e. The summed E-state index contributed by atoms with van der Waals surface area (Å²) in [6.07, 6.45) is 4.08. The predicted octanol–water partition coefficient (Wildman–Crippen LogP) is 0.955. The van der Waals surface area contributed by atoms with E-state index in [2.05, 4.69) is 16.0 Å². The lowest BCUT2D eigenvalue weighted by Crippen LogP contribution is -2.58. The molecule has 3 amide bonds. The minimum Gasteiger partial charge on any atom is -0.508 e. The first-order valence-electron chi connectivity index (χ1n) is 14.7. The topological polar surface area (TPSA) is 200 Å². The van der Waals surface area contributed by atoms with Gasteiger partial charge in [-0.25, -0.2) is 0 Å². The van der Waals surface area contributed by atoms with Crippen molar-refractivity contribution in [3.63, 3.8) is 0 Å². The predicted molar refractivity (Wildman–Crippen MR) is 158 cm³/mol. The lowest BCUT2D eigenvalue weighted by Gasteiger charge is -2.30. The average Bonchev–Trinajstić information content (AvgIpc) is 2.98. The van der Waals surface area contributed by atoms with Crippen LogP contribution in [0.5, 0.6) is 11.5 Å². The van der Waals surface area contributed by atoms with E-state index in [0.29, 0.717) is 28.2 Å². The molecule has 2 aromatic carbocycles. The summed E-state index contributed by atoms with van der Waals surface area (Å²) < 4.78 is 0. The molecule has 4 rings (SSSR count). The Morgan fingerprint density at radius 3 is 2.14 bits per heavy atom. The smallest absolute Gasteiger partial charge is 0.243 e. The normalized spacial score (nSPS) is 23.5. The highest BCUT2D eigenvalue weighted by Crippen LogP contribution is 2.31. The highest BCUT2D eigenvalue weighted by Gasteiger charge is 2.32. The Bertz CT molecular complexity index is 1280. The van der Waals surface area contributed by atoms with E-state index in [-0.39, 0.29) is 43.3 Å². The van der Waals surface area contributed by atoms with E-state index in [0.717, 1.165) is 25.7 Å². The number of phenolic OH excluding ortho intramolecular Hbond substituents is 2. The summed E-state index contributed by atoms with van der Waals surface area (Å²) in [7, 11) is 0. The molecular weight excluding hydrogens is 538 g/mol. The SMILES string of the molecule is CC(NC(=O)[C@H]1Cc2cc(ccc2O)-c2ccc(O)c(c2)C[C@H](N)C(=O)N[C@H](C[C@@H](O)CN)C(=O)N1)C1CCCCC1. The number of carbonyl (C=O) groups excluding carboxylic acids is 3. The maximum atomic E-state index is 13.7. The largest absolute Gasteiger partial charge is 0.508 e. The van der Waals surface area contributed by atoms with Gasteiger partial charge in [0.05, 0.1) is 12.1 Å². The van der Waals surface area contributed by atoms with Crippen LogP contribution in [0.4, 0.5) is 0 Å². The summed E-state index contributed by atoms with van der Waals surface area (Å²) in [5.74, 6) is -1.52. The van der Waals surface area contributed by atoms with Gasteiger partial charge in [0.2, 0.25) is 17.7 Å². The number of phenols is 2. The molecule has 2 aliphatic rings. The summed E-state index contributed by atoms with van der Waals surface area (Å²) >= 11 is 0. The van der Waals surface area contributed by atoms with Gasteiger partial charge < -0.3 is 42.7 Å². The summed E-state index contributed by atoms with van der Waals surface area (Å²) in [6, 6.07) is 6.34. The van der Waals surface area contributed by atoms with Gasteiger partial charge in [0, 0.05) is 31.8 Å². The minimum absolute atomic E-state index is 0.0195. The fourth-order valence-electron chi connectivity index (χ4n) is 5.84. The molecule has 11 nitrogen and oxygen atoms in total. The number of carbonyl (C=O) groups is 3. The number of nitrogens with two attached hydrogens (primary N) is 2. The molecule has 0 saturated heterocycles. The summed E-state index contributed by atoms with van der Waals surface area (Å²) in [5, 5.41) is 39.9. The Balaban J connectivity index is 1.72. The number of amides is 3. The number of hydrogen-bond acceptors (Lipinski definition) is 8. The molecule has 10 N–H and O–H groups in total. The summed E-state index contributed by atoms with van der Waals surface area (Å²) in [4.78, 5) is 40.3. The van der Waals surface area contributed by atoms with Crippen LogP contribution in [0.15, 0.2) is 36.4 Å². The number of nitrogens with one attached hydrogen (secondary N) is 3. The second kappa shape index (κ2) is 14.0. The van der Waals surface area contributed by atoms with Crippen molar-refractivity contribution in [1.82, 2.24) is 16.0 Å². The van der Waals surface area contributed by atoms with Crippen molar-refractivity contribution in [3.05, 3.63) is 47.5 Å². The second-order valence-corrected chi connectivity index (χ2v) is 11.6. The van der Waals surface area contributed by atoms with Gasteiger partial charge in [0.1, 0.15) is 23.6 Å². The third kappa shape index (κ3) is 7.78. The van der Waals surface area contributed by atoms with Gasteiger partial charge >= 0.3 is 0 Å². The van der Waals surface area contributed by atoms with Gasteiger partial charge in [-0.1, -0.05) is 31.4 Å². The molecule has 4 bridgehead atoms. The summed E-state index contributed by atoms with van der Waals surface area (Å²) in [5.41, 5.74) is 14.1. The number of benzene rings is 2. The van der Waals surface area contributed by atoms with Gasteiger partial charge in [0.25, 0.3) is 0 Å². The zero-order valence-electron chi connectivity index (χ0n) is 24.0. The van der Waals surface area contributed by atoms with Gasteiger partial charge in [-0.2, -0.15) is 0 Å². The van der Waals surface area contributed by atoms with Gasteiger partial charge in [-0.05, 0) is 72.2 Å². The zero-order valence-corrected chi connectivity index (χ0v) is 24.0. The molecule has 5 atom stereocenters. The van der Waals surface area contributed by atoms with Crippen molar-refractivity contribution >= 4 is 17.7 Å². The van der Waals surface area contributed by atoms with Crippen molar-refractivity contribution in [2.45, 2.75) is 88.6 Å². The fourth-order valence-corrected chi connectivity index (χ4v) is 5.84. The first kappa shape index (κ1) is 31.3. The highest BCUT2D eigenvalue weighted by atomic mass is 16.3. The monoisotopic (exact) mass is 581 g/mol. The molecule has 1 aliphatic carbocycles. The Hall–Kier alpha value is -3.67. The molecule has 1 fully saturated rings. The van der Waals surface area contributed by atoms with Gasteiger partial charge in [-0.15, -0.1) is 0 Å². The van der Waals surface area contributed by atoms with E-state index in [4.69, 9.17) is 11.5 Å². The van der Waals surface area contributed by atoms with Crippen molar-refractivity contribution in [2.24, 2.45) is 17.4 Å². The van der Waals surface area contributed by atoms with Crippen molar-refractivity contribution < 1.29 is 29.7 Å². The van der Waals surface area contributed by atoms with Crippen molar-refractivity contribution in [1.29, 1.82) is 0 Å². The number of fused-ring (bicyclic) bond motifs is 5. The number of aliphatic hydroxyl groups is 1. The lowest BCUT2D eigenvalue weighted by atomic mass is 9.84.